The van der Waals surface area contributed by atoms with Crippen molar-refractivity contribution < 1.29 is 4.92 Å². The molecule has 1 N–H and O–H groups in total. The largest absolute Gasteiger partial charge is 0.347 e. The van der Waals surface area contributed by atoms with Crippen LogP contribution >= 0.6 is 0 Å². The van der Waals surface area contributed by atoms with Gasteiger partial charge in [-0.25, -0.2) is 0 Å². The highest BCUT2D eigenvalue weighted by Gasteiger charge is 2.15. The van der Waals surface area contributed by atoms with Crippen LogP contribution in [0, 0.1) is 17.0 Å². The number of nitrogens with zero attached hydrogens (tertiary/aromatic N) is 3. The van der Waals surface area contributed by atoms with E-state index in [4.69, 9.17) is 0 Å². The Labute approximate surface area is 98.0 Å². The zero-order chi connectivity index (χ0) is 12.4. The van der Waals surface area contributed by atoms with Crippen LogP contribution < -0.4 is 5.32 Å². The molecule has 0 aliphatic carbocycles. The maximum absolute atomic E-state index is 10.9. The SMILES string of the molecule is Cc1cccc([N+](=O)[O-])c1Nc1cnn(C)c1. The lowest BCUT2D eigenvalue weighted by atomic mass is 10.1. The molecule has 0 aliphatic heterocycles. The van der Waals surface area contributed by atoms with Gasteiger partial charge in [0.25, 0.3) is 5.69 Å². The third-order valence-electron chi connectivity index (χ3n) is 2.42. The van der Waals surface area contributed by atoms with E-state index in [0.29, 0.717) is 5.69 Å². The average molecular weight is 232 g/mol. The summed E-state index contributed by atoms with van der Waals surface area (Å²) in [6.45, 7) is 1.83. The standard InChI is InChI=1S/C11H12N4O2/c1-8-4-3-5-10(15(16)17)11(8)13-9-6-12-14(2)7-9/h3-7,13H,1-2H3. The van der Waals surface area contributed by atoms with Crippen LogP contribution in [-0.2, 0) is 7.05 Å². The molecule has 1 aromatic heterocycles. The van der Waals surface area contributed by atoms with Gasteiger partial charge in [-0.15, -0.1) is 0 Å². The number of rotatable bonds is 3. The number of nitro benzene ring substituents is 1. The topological polar surface area (TPSA) is 73.0 Å². The Morgan fingerprint density at radius 2 is 2.24 bits per heavy atom. The molecule has 0 radical (unpaired) electrons. The molecule has 0 unspecified atom stereocenters. The van der Waals surface area contributed by atoms with Gasteiger partial charge in [0.15, 0.2) is 0 Å². The monoisotopic (exact) mass is 232 g/mol. The Balaban J connectivity index is 2.40. The first-order valence-corrected chi connectivity index (χ1v) is 5.07. The molecule has 17 heavy (non-hydrogen) atoms. The second kappa shape index (κ2) is 4.25. The van der Waals surface area contributed by atoms with Crippen molar-refractivity contribution in [3.63, 3.8) is 0 Å². The van der Waals surface area contributed by atoms with Crippen molar-refractivity contribution in [1.82, 2.24) is 9.78 Å². The third kappa shape index (κ3) is 2.25. The molecule has 0 fully saturated rings. The summed E-state index contributed by atoms with van der Waals surface area (Å²) in [4.78, 5) is 10.5. The van der Waals surface area contributed by atoms with Gasteiger partial charge in [0.2, 0.25) is 0 Å². The van der Waals surface area contributed by atoms with Crippen LogP contribution in [0.1, 0.15) is 5.56 Å². The number of aromatic nitrogens is 2. The van der Waals surface area contributed by atoms with Gasteiger partial charge in [0.1, 0.15) is 5.69 Å². The molecule has 0 spiro atoms. The lowest BCUT2D eigenvalue weighted by Crippen LogP contribution is -1.98. The second-order valence-electron chi connectivity index (χ2n) is 3.75. The van der Waals surface area contributed by atoms with Crippen molar-refractivity contribution in [3.8, 4) is 0 Å². The Morgan fingerprint density at radius 3 is 2.82 bits per heavy atom. The van der Waals surface area contributed by atoms with E-state index in [9.17, 15) is 10.1 Å². The van der Waals surface area contributed by atoms with E-state index in [1.807, 2.05) is 13.0 Å². The van der Waals surface area contributed by atoms with Crippen molar-refractivity contribution in [2.75, 3.05) is 5.32 Å². The summed E-state index contributed by atoms with van der Waals surface area (Å²) >= 11 is 0. The molecule has 0 bridgehead atoms. The summed E-state index contributed by atoms with van der Waals surface area (Å²) in [5.41, 5.74) is 2.12. The van der Waals surface area contributed by atoms with Crippen molar-refractivity contribution in [1.29, 1.82) is 0 Å². The molecule has 0 saturated heterocycles. The molecule has 6 heteroatoms. The second-order valence-corrected chi connectivity index (χ2v) is 3.75. The highest BCUT2D eigenvalue weighted by atomic mass is 16.6. The number of aryl methyl sites for hydroxylation is 2. The molecule has 0 saturated carbocycles. The Morgan fingerprint density at radius 1 is 1.47 bits per heavy atom. The van der Waals surface area contributed by atoms with Crippen molar-refractivity contribution in [2.24, 2.45) is 7.05 Å². The van der Waals surface area contributed by atoms with E-state index in [0.717, 1.165) is 11.3 Å². The number of anilines is 2. The van der Waals surface area contributed by atoms with Crippen molar-refractivity contribution >= 4 is 17.1 Å². The van der Waals surface area contributed by atoms with Gasteiger partial charge in [-0.3, -0.25) is 14.8 Å². The highest BCUT2D eigenvalue weighted by molar-refractivity contribution is 5.72. The molecular weight excluding hydrogens is 220 g/mol. The third-order valence-corrected chi connectivity index (χ3v) is 2.42. The molecule has 1 heterocycles. The summed E-state index contributed by atoms with van der Waals surface area (Å²) in [6, 6.07) is 4.97. The molecule has 1 aromatic carbocycles. The summed E-state index contributed by atoms with van der Waals surface area (Å²) < 4.78 is 1.63. The van der Waals surface area contributed by atoms with Gasteiger partial charge in [-0.2, -0.15) is 5.10 Å². The molecule has 2 rings (SSSR count). The van der Waals surface area contributed by atoms with Crippen LogP contribution in [-0.4, -0.2) is 14.7 Å². The molecule has 88 valence electrons. The normalized spacial score (nSPS) is 10.2. The minimum Gasteiger partial charge on any atom is -0.347 e. The molecule has 0 amide bonds. The number of nitrogens with one attached hydrogen (secondary N) is 1. The first-order chi connectivity index (χ1) is 8.08. The van der Waals surface area contributed by atoms with Gasteiger partial charge in [-0.1, -0.05) is 12.1 Å². The van der Waals surface area contributed by atoms with E-state index in [-0.39, 0.29) is 5.69 Å². The highest BCUT2D eigenvalue weighted by Crippen LogP contribution is 2.30. The average Bonchev–Trinajstić information content (AvgIpc) is 2.67. The maximum Gasteiger partial charge on any atom is 0.292 e. The predicted octanol–water partition coefficient (Wildman–Crippen LogP) is 2.38. The lowest BCUT2D eigenvalue weighted by Gasteiger charge is -2.07. The summed E-state index contributed by atoms with van der Waals surface area (Å²) in [7, 11) is 1.79. The van der Waals surface area contributed by atoms with Crippen LogP contribution in [0.25, 0.3) is 0 Å². The van der Waals surface area contributed by atoms with Crippen LogP contribution in [0.5, 0.6) is 0 Å². The van der Waals surface area contributed by atoms with E-state index in [1.165, 1.54) is 6.07 Å². The molecule has 2 aromatic rings. The Hall–Kier alpha value is -2.37. The van der Waals surface area contributed by atoms with E-state index in [2.05, 4.69) is 10.4 Å². The molecule has 0 atom stereocenters. The minimum absolute atomic E-state index is 0.0638. The first kappa shape index (κ1) is 11.1. The fourth-order valence-electron chi connectivity index (χ4n) is 1.60. The van der Waals surface area contributed by atoms with E-state index >= 15 is 0 Å². The van der Waals surface area contributed by atoms with Gasteiger partial charge in [-0.05, 0) is 12.5 Å². The number of hydrogen-bond donors (Lipinski definition) is 1. The summed E-state index contributed by atoms with van der Waals surface area (Å²) in [5.74, 6) is 0. The summed E-state index contributed by atoms with van der Waals surface area (Å²) in [6.07, 6.45) is 3.38. The van der Waals surface area contributed by atoms with Crippen LogP contribution in [0.4, 0.5) is 17.1 Å². The van der Waals surface area contributed by atoms with Crippen LogP contribution in [0.3, 0.4) is 0 Å². The number of nitro groups is 1. The molecular formula is C11H12N4O2. The van der Waals surface area contributed by atoms with Crippen molar-refractivity contribution in [3.05, 3.63) is 46.3 Å². The Kier molecular flexibility index (Phi) is 2.78. The zero-order valence-electron chi connectivity index (χ0n) is 9.54. The van der Waals surface area contributed by atoms with Crippen molar-refractivity contribution in [2.45, 2.75) is 6.92 Å². The Bertz CT molecular complexity index is 562. The fraction of sp³-hybridized carbons (Fsp3) is 0.182. The van der Waals surface area contributed by atoms with Gasteiger partial charge in [0, 0.05) is 19.3 Å². The molecule has 6 nitrogen and oxygen atoms in total. The molecule has 0 aliphatic rings. The van der Waals surface area contributed by atoms with Gasteiger partial charge in [0.05, 0.1) is 16.8 Å². The predicted molar refractivity (Wildman–Crippen MR) is 64.3 cm³/mol. The minimum atomic E-state index is -0.397. The quantitative estimate of drug-likeness (QED) is 0.651. The number of hydrogen-bond acceptors (Lipinski definition) is 4. The van der Waals surface area contributed by atoms with E-state index in [1.54, 1.807) is 30.2 Å². The fourth-order valence-corrected chi connectivity index (χ4v) is 1.60. The lowest BCUT2D eigenvalue weighted by molar-refractivity contribution is -0.383. The number of para-hydroxylation sites is 1. The number of benzene rings is 1. The van der Waals surface area contributed by atoms with Crippen LogP contribution in [0.15, 0.2) is 30.6 Å². The van der Waals surface area contributed by atoms with Gasteiger partial charge >= 0.3 is 0 Å². The van der Waals surface area contributed by atoms with Crippen LogP contribution in [0.2, 0.25) is 0 Å². The zero-order valence-corrected chi connectivity index (χ0v) is 9.54. The first-order valence-electron chi connectivity index (χ1n) is 5.07. The summed E-state index contributed by atoms with van der Waals surface area (Å²) in [5, 5.41) is 17.9. The maximum atomic E-state index is 10.9. The van der Waals surface area contributed by atoms with E-state index < -0.39 is 4.92 Å². The van der Waals surface area contributed by atoms with Gasteiger partial charge < -0.3 is 5.32 Å². The smallest absolute Gasteiger partial charge is 0.292 e.